The second kappa shape index (κ2) is 9.41. The molecule has 1 aliphatic rings. The highest BCUT2D eigenvalue weighted by Crippen LogP contribution is 2.18. The van der Waals surface area contributed by atoms with E-state index in [9.17, 15) is 14.4 Å². The largest absolute Gasteiger partial charge is 0.331 e. The second-order valence-electron chi connectivity index (χ2n) is 6.58. The SMILES string of the molecule is CC(NC(=O)N1CCN(C(=O)SC(=O)c2ccccc2)CC1)c1ccccc1. The molecule has 0 aliphatic carbocycles. The van der Waals surface area contributed by atoms with Gasteiger partial charge < -0.3 is 15.1 Å². The molecule has 1 N–H and O–H groups in total. The molecule has 7 heteroatoms. The molecular formula is C21H23N3O3S. The van der Waals surface area contributed by atoms with Crippen molar-refractivity contribution >= 4 is 28.1 Å². The van der Waals surface area contributed by atoms with E-state index >= 15 is 0 Å². The van der Waals surface area contributed by atoms with Crippen LogP contribution < -0.4 is 5.32 Å². The molecule has 1 fully saturated rings. The van der Waals surface area contributed by atoms with E-state index in [0.717, 1.165) is 5.56 Å². The van der Waals surface area contributed by atoms with Crippen LogP contribution in [0.2, 0.25) is 0 Å². The minimum Gasteiger partial charge on any atom is -0.331 e. The first-order valence-corrected chi connectivity index (χ1v) is 10.0. The Morgan fingerprint density at radius 2 is 1.39 bits per heavy atom. The molecule has 0 spiro atoms. The van der Waals surface area contributed by atoms with Gasteiger partial charge in [0, 0.05) is 43.5 Å². The topological polar surface area (TPSA) is 69.7 Å². The molecule has 0 bridgehead atoms. The van der Waals surface area contributed by atoms with E-state index < -0.39 is 0 Å². The van der Waals surface area contributed by atoms with E-state index in [-0.39, 0.29) is 22.4 Å². The van der Waals surface area contributed by atoms with E-state index in [1.165, 1.54) is 0 Å². The van der Waals surface area contributed by atoms with Crippen molar-refractivity contribution in [3.8, 4) is 0 Å². The van der Waals surface area contributed by atoms with Gasteiger partial charge in [-0.05, 0) is 12.5 Å². The molecule has 146 valence electrons. The van der Waals surface area contributed by atoms with Crippen molar-refractivity contribution in [1.82, 2.24) is 15.1 Å². The van der Waals surface area contributed by atoms with Crippen molar-refractivity contribution in [3.63, 3.8) is 0 Å². The Morgan fingerprint density at radius 3 is 2.00 bits per heavy atom. The highest BCUT2D eigenvalue weighted by atomic mass is 32.2. The van der Waals surface area contributed by atoms with Crippen LogP contribution in [0.1, 0.15) is 28.9 Å². The molecule has 2 aromatic carbocycles. The Kier molecular flexibility index (Phi) is 6.71. The number of carbonyl (C=O) groups is 3. The molecule has 2 aromatic rings. The number of thioether (sulfide) groups is 1. The third-order valence-corrected chi connectivity index (χ3v) is 5.51. The van der Waals surface area contributed by atoms with E-state index in [0.29, 0.717) is 43.5 Å². The molecule has 0 aromatic heterocycles. The fourth-order valence-corrected chi connectivity index (χ4v) is 3.69. The Labute approximate surface area is 168 Å². The molecular weight excluding hydrogens is 374 g/mol. The Balaban J connectivity index is 1.46. The average Bonchev–Trinajstić information content (AvgIpc) is 2.75. The fraction of sp³-hybridized carbons (Fsp3) is 0.286. The van der Waals surface area contributed by atoms with Crippen LogP contribution in [-0.2, 0) is 0 Å². The third-order valence-electron chi connectivity index (χ3n) is 4.65. The van der Waals surface area contributed by atoms with E-state index in [1.807, 2.05) is 43.3 Å². The number of nitrogens with one attached hydrogen (secondary N) is 1. The molecule has 6 nitrogen and oxygen atoms in total. The molecule has 1 atom stereocenters. The zero-order valence-corrected chi connectivity index (χ0v) is 16.5. The number of rotatable bonds is 3. The second-order valence-corrected chi connectivity index (χ2v) is 7.50. The van der Waals surface area contributed by atoms with E-state index in [2.05, 4.69) is 5.32 Å². The summed E-state index contributed by atoms with van der Waals surface area (Å²) in [6.07, 6.45) is 0. The van der Waals surface area contributed by atoms with Gasteiger partial charge in [0.25, 0.3) is 5.24 Å². The molecule has 28 heavy (non-hydrogen) atoms. The lowest BCUT2D eigenvalue weighted by atomic mass is 10.1. The molecule has 1 unspecified atom stereocenters. The van der Waals surface area contributed by atoms with Gasteiger partial charge in [-0.2, -0.15) is 0 Å². The van der Waals surface area contributed by atoms with Crippen LogP contribution in [0.25, 0.3) is 0 Å². The minimum absolute atomic E-state index is 0.0904. The first-order valence-electron chi connectivity index (χ1n) is 9.21. The van der Waals surface area contributed by atoms with Crippen molar-refractivity contribution < 1.29 is 14.4 Å². The number of carbonyl (C=O) groups excluding carboxylic acids is 3. The van der Waals surface area contributed by atoms with Gasteiger partial charge in [-0.3, -0.25) is 9.59 Å². The summed E-state index contributed by atoms with van der Waals surface area (Å²) in [5, 5.41) is 2.45. The van der Waals surface area contributed by atoms with Crippen molar-refractivity contribution in [2.45, 2.75) is 13.0 Å². The van der Waals surface area contributed by atoms with Crippen LogP contribution in [0.3, 0.4) is 0 Å². The summed E-state index contributed by atoms with van der Waals surface area (Å²) in [6, 6.07) is 18.3. The maximum Gasteiger partial charge on any atom is 0.317 e. The van der Waals surface area contributed by atoms with Gasteiger partial charge in [0.05, 0.1) is 6.04 Å². The number of nitrogens with zero attached hydrogens (tertiary/aromatic N) is 2. The average molecular weight is 398 g/mol. The molecule has 3 rings (SSSR count). The lowest BCUT2D eigenvalue weighted by Gasteiger charge is -2.35. The van der Waals surface area contributed by atoms with Crippen LogP contribution in [0.15, 0.2) is 60.7 Å². The quantitative estimate of drug-likeness (QED) is 0.856. The Morgan fingerprint density at radius 1 is 0.857 bits per heavy atom. The predicted octanol–water partition coefficient (Wildman–Crippen LogP) is 3.77. The van der Waals surface area contributed by atoms with Crippen molar-refractivity contribution in [1.29, 1.82) is 0 Å². The molecule has 0 saturated carbocycles. The van der Waals surface area contributed by atoms with Crippen LogP contribution in [-0.4, -0.2) is 52.4 Å². The summed E-state index contributed by atoms with van der Waals surface area (Å²) >= 11 is 0.706. The smallest absolute Gasteiger partial charge is 0.317 e. The summed E-state index contributed by atoms with van der Waals surface area (Å²) in [7, 11) is 0. The van der Waals surface area contributed by atoms with Crippen LogP contribution in [0.4, 0.5) is 9.59 Å². The standard InChI is InChI=1S/C21H23N3O3S/c1-16(17-8-4-2-5-9-17)22-20(26)23-12-14-24(15-13-23)21(27)28-19(25)18-10-6-3-7-11-18/h2-11,16H,12-15H2,1H3,(H,22,26). The van der Waals surface area contributed by atoms with Crippen LogP contribution in [0.5, 0.6) is 0 Å². The van der Waals surface area contributed by atoms with Gasteiger partial charge in [-0.25, -0.2) is 4.79 Å². The zero-order chi connectivity index (χ0) is 19.9. The summed E-state index contributed by atoms with van der Waals surface area (Å²) in [5.41, 5.74) is 1.55. The molecule has 1 aliphatic heterocycles. The maximum absolute atomic E-state index is 12.5. The van der Waals surface area contributed by atoms with Crippen molar-refractivity contribution in [2.75, 3.05) is 26.2 Å². The monoisotopic (exact) mass is 397 g/mol. The van der Waals surface area contributed by atoms with Gasteiger partial charge >= 0.3 is 6.03 Å². The summed E-state index contributed by atoms with van der Waals surface area (Å²) in [4.78, 5) is 40.3. The predicted molar refractivity (Wildman–Crippen MR) is 110 cm³/mol. The zero-order valence-electron chi connectivity index (χ0n) is 15.7. The fourth-order valence-electron chi connectivity index (χ4n) is 2.97. The summed E-state index contributed by atoms with van der Waals surface area (Å²) in [5.74, 6) is 0. The number of hydrogen-bond donors (Lipinski definition) is 1. The molecule has 0 radical (unpaired) electrons. The first kappa shape index (κ1) is 19.9. The number of amides is 3. The van der Waals surface area contributed by atoms with Gasteiger partial charge in [0.2, 0.25) is 5.12 Å². The van der Waals surface area contributed by atoms with Crippen molar-refractivity contribution in [3.05, 3.63) is 71.8 Å². The van der Waals surface area contributed by atoms with Gasteiger partial charge in [-0.15, -0.1) is 0 Å². The van der Waals surface area contributed by atoms with Gasteiger partial charge in [0.15, 0.2) is 0 Å². The highest BCUT2D eigenvalue weighted by molar-refractivity contribution is 8.26. The first-order chi connectivity index (χ1) is 13.5. The summed E-state index contributed by atoms with van der Waals surface area (Å²) in [6.45, 7) is 3.67. The normalized spacial score (nSPS) is 15.0. The lowest BCUT2D eigenvalue weighted by molar-refractivity contribution is 0.108. The number of hydrogen-bond acceptors (Lipinski definition) is 4. The summed E-state index contributed by atoms with van der Waals surface area (Å²) < 4.78 is 0. The number of urea groups is 1. The van der Waals surface area contributed by atoms with Gasteiger partial charge in [0.1, 0.15) is 0 Å². The Hall–Kier alpha value is -2.80. The third kappa shape index (κ3) is 5.13. The Bertz CT molecular complexity index is 821. The van der Waals surface area contributed by atoms with E-state index in [1.54, 1.807) is 34.1 Å². The highest BCUT2D eigenvalue weighted by Gasteiger charge is 2.26. The number of benzene rings is 2. The number of piperazine rings is 1. The molecule has 3 amide bonds. The van der Waals surface area contributed by atoms with E-state index in [4.69, 9.17) is 0 Å². The van der Waals surface area contributed by atoms with Crippen LogP contribution in [0, 0.1) is 0 Å². The van der Waals surface area contributed by atoms with Gasteiger partial charge in [-0.1, -0.05) is 60.7 Å². The molecule has 1 saturated heterocycles. The molecule has 1 heterocycles. The maximum atomic E-state index is 12.5. The van der Waals surface area contributed by atoms with Crippen molar-refractivity contribution in [2.24, 2.45) is 0 Å². The van der Waals surface area contributed by atoms with Crippen LogP contribution >= 0.6 is 11.8 Å². The lowest BCUT2D eigenvalue weighted by Crippen LogP contribution is -2.52. The minimum atomic E-state index is -0.272.